The van der Waals surface area contributed by atoms with E-state index in [0.717, 1.165) is 22.0 Å². The molecule has 20 heavy (non-hydrogen) atoms. The van der Waals surface area contributed by atoms with Gasteiger partial charge in [0, 0.05) is 28.2 Å². The molecule has 0 fully saturated rings. The number of carbonyl (C=O) groups excluding carboxylic acids is 1. The summed E-state index contributed by atoms with van der Waals surface area (Å²) in [6.07, 6.45) is 3.72. The fourth-order valence-corrected chi connectivity index (χ4v) is 2.28. The highest BCUT2D eigenvalue weighted by Crippen LogP contribution is 2.23. The molecule has 3 heteroatoms. The first kappa shape index (κ1) is 12.2. The molecule has 98 valence electrons. The number of H-pyrrole nitrogens is 1. The number of para-hydroxylation sites is 1. The average Bonchev–Trinajstić information content (AvgIpc) is 2.88. The van der Waals surface area contributed by atoms with Crippen molar-refractivity contribution in [3.8, 4) is 0 Å². The van der Waals surface area contributed by atoms with Crippen LogP contribution in [0, 0.1) is 0 Å². The van der Waals surface area contributed by atoms with E-state index in [2.05, 4.69) is 4.98 Å². The van der Waals surface area contributed by atoms with E-state index in [1.54, 1.807) is 0 Å². The number of nitrogens with one attached hydrogen (secondary N) is 1. The molecular weight excluding hydrogens is 248 g/mol. The second-order valence-electron chi connectivity index (χ2n) is 4.58. The van der Waals surface area contributed by atoms with Gasteiger partial charge in [-0.15, -0.1) is 0 Å². The van der Waals surface area contributed by atoms with Crippen LogP contribution in [0.15, 0.2) is 60.8 Å². The molecule has 3 rings (SSSR count). The molecule has 0 aliphatic rings. The number of amides is 1. The second kappa shape index (κ2) is 5.05. The van der Waals surface area contributed by atoms with Gasteiger partial charge in [-0.05, 0) is 17.7 Å². The number of rotatable bonds is 3. The average molecular weight is 262 g/mol. The molecule has 0 unspecified atom stereocenters. The minimum absolute atomic E-state index is 0.429. The molecule has 0 saturated carbocycles. The van der Waals surface area contributed by atoms with E-state index in [1.807, 2.05) is 66.9 Å². The molecule has 0 aliphatic carbocycles. The standard InChI is InChI=1S/C17H14N2O/c18-17(20)15(12-6-2-1-3-7-12)10-13-11-19-16-9-5-4-8-14(13)16/h1-11,19H,(H2,18,20)/b15-10+. The van der Waals surface area contributed by atoms with E-state index in [9.17, 15) is 4.79 Å². The van der Waals surface area contributed by atoms with Crippen LogP contribution in [-0.4, -0.2) is 10.9 Å². The molecule has 0 bridgehead atoms. The van der Waals surface area contributed by atoms with Crippen LogP contribution < -0.4 is 5.73 Å². The van der Waals surface area contributed by atoms with Crippen LogP contribution in [-0.2, 0) is 4.79 Å². The summed E-state index contributed by atoms with van der Waals surface area (Å²) >= 11 is 0. The Balaban J connectivity index is 2.15. The van der Waals surface area contributed by atoms with E-state index in [0.29, 0.717) is 5.57 Å². The lowest BCUT2D eigenvalue weighted by molar-refractivity contribution is -0.112. The maximum absolute atomic E-state index is 11.7. The van der Waals surface area contributed by atoms with Crippen LogP contribution in [0.3, 0.4) is 0 Å². The quantitative estimate of drug-likeness (QED) is 0.700. The smallest absolute Gasteiger partial charge is 0.249 e. The van der Waals surface area contributed by atoms with Crippen molar-refractivity contribution in [2.45, 2.75) is 0 Å². The van der Waals surface area contributed by atoms with Gasteiger partial charge in [0.05, 0.1) is 0 Å². The third-order valence-electron chi connectivity index (χ3n) is 3.27. The Morgan fingerprint density at radius 3 is 2.45 bits per heavy atom. The first-order chi connectivity index (χ1) is 9.75. The van der Waals surface area contributed by atoms with Crippen molar-refractivity contribution < 1.29 is 4.79 Å². The summed E-state index contributed by atoms with van der Waals surface area (Å²) in [5, 5.41) is 1.07. The van der Waals surface area contributed by atoms with Crippen LogP contribution in [0.2, 0.25) is 0 Å². The van der Waals surface area contributed by atoms with Crippen LogP contribution >= 0.6 is 0 Å². The number of aromatic nitrogens is 1. The number of fused-ring (bicyclic) bond motifs is 1. The maximum atomic E-state index is 11.7. The van der Waals surface area contributed by atoms with Gasteiger partial charge >= 0.3 is 0 Å². The summed E-state index contributed by atoms with van der Waals surface area (Å²) < 4.78 is 0. The molecule has 0 atom stereocenters. The summed E-state index contributed by atoms with van der Waals surface area (Å²) in [5.74, 6) is -0.429. The molecule has 1 amide bonds. The van der Waals surface area contributed by atoms with Crippen molar-refractivity contribution in [3.05, 3.63) is 71.9 Å². The van der Waals surface area contributed by atoms with Crippen LogP contribution in [0.1, 0.15) is 11.1 Å². The molecule has 0 spiro atoms. The van der Waals surface area contributed by atoms with E-state index in [1.165, 1.54) is 0 Å². The SMILES string of the molecule is NC(=O)/C(=C/c1c[nH]c2ccccc12)c1ccccc1. The molecule has 3 N–H and O–H groups in total. The van der Waals surface area contributed by atoms with Crippen molar-refractivity contribution in [3.63, 3.8) is 0 Å². The highest BCUT2D eigenvalue weighted by molar-refractivity contribution is 6.24. The van der Waals surface area contributed by atoms with E-state index < -0.39 is 5.91 Å². The van der Waals surface area contributed by atoms with Gasteiger partial charge in [-0.3, -0.25) is 4.79 Å². The highest BCUT2D eigenvalue weighted by Gasteiger charge is 2.09. The third-order valence-corrected chi connectivity index (χ3v) is 3.27. The number of aromatic amines is 1. The Labute approximate surface area is 116 Å². The van der Waals surface area contributed by atoms with Crippen molar-refractivity contribution in [1.82, 2.24) is 4.98 Å². The summed E-state index contributed by atoms with van der Waals surface area (Å²) in [6.45, 7) is 0. The van der Waals surface area contributed by atoms with Gasteiger partial charge in [0.1, 0.15) is 0 Å². The Bertz CT molecular complexity index is 785. The lowest BCUT2D eigenvalue weighted by atomic mass is 10.0. The molecule has 1 aromatic heterocycles. The molecule has 2 aromatic carbocycles. The molecule has 0 aliphatic heterocycles. The summed E-state index contributed by atoms with van der Waals surface area (Å²) in [5.41, 5.74) is 8.84. The number of hydrogen-bond acceptors (Lipinski definition) is 1. The van der Waals surface area contributed by atoms with Crippen molar-refractivity contribution in [2.75, 3.05) is 0 Å². The monoisotopic (exact) mass is 262 g/mol. The van der Waals surface area contributed by atoms with Gasteiger partial charge in [0.25, 0.3) is 0 Å². The van der Waals surface area contributed by atoms with Crippen molar-refractivity contribution in [2.24, 2.45) is 5.73 Å². The molecule has 1 heterocycles. The fourth-order valence-electron chi connectivity index (χ4n) is 2.28. The number of nitrogens with two attached hydrogens (primary N) is 1. The van der Waals surface area contributed by atoms with E-state index in [4.69, 9.17) is 5.73 Å². The summed E-state index contributed by atoms with van der Waals surface area (Å²) in [6, 6.07) is 17.4. The van der Waals surface area contributed by atoms with Gasteiger partial charge < -0.3 is 10.7 Å². The van der Waals surface area contributed by atoms with Crippen LogP contribution in [0.4, 0.5) is 0 Å². The maximum Gasteiger partial charge on any atom is 0.249 e. The minimum atomic E-state index is -0.429. The van der Waals surface area contributed by atoms with Gasteiger partial charge in [-0.1, -0.05) is 48.5 Å². The summed E-state index contributed by atoms with van der Waals surface area (Å²) in [7, 11) is 0. The number of hydrogen-bond donors (Lipinski definition) is 2. The molecule has 0 radical (unpaired) electrons. The zero-order chi connectivity index (χ0) is 13.9. The molecule has 3 aromatic rings. The summed E-state index contributed by atoms with van der Waals surface area (Å²) in [4.78, 5) is 14.9. The highest BCUT2D eigenvalue weighted by atomic mass is 16.1. The van der Waals surface area contributed by atoms with Crippen molar-refractivity contribution in [1.29, 1.82) is 0 Å². The number of carbonyl (C=O) groups is 1. The van der Waals surface area contributed by atoms with Gasteiger partial charge in [0.15, 0.2) is 0 Å². The normalized spacial score (nSPS) is 11.7. The Hall–Kier alpha value is -2.81. The largest absolute Gasteiger partial charge is 0.366 e. The molecule has 3 nitrogen and oxygen atoms in total. The predicted molar refractivity (Wildman–Crippen MR) is 81.8 cm³/mol. The number of primary amides is 1. The fraction of sp³-hybridized carbons (Fsp3) is 0. The Kier molecular flexibility index (Phi) is 3.09. The Morgan fingerprint density at radius 2 is 1.70 bits per heavy atom. The predicted octanol–water partition coefficient (Wildman–Crippen LogP) is 3.19. The second-order valence-corrected chi connectivity index (χ2v) is 4.58. The first-order valence-electron chi connectivity index (χ1n) is 6.39. The van der Waals surface area contributed by atoms with E-state index >= 15 is 0 Å². The molecular formula is C17H14N2O. The number of benzene rings is 2. The van der Waals surface area contributed by atoms with Gasteiger partial charge in [0.2, 0.25) is 5.91 Å². The van der Waals surface area contributed by atoms with Gasteiger partial charge in [-0.2, -0.15) is 0 Å². The lowest BCUT2D eigenvalue weighted by Gasteiger charge is -2.03. The van der Waals surface area contributed by atoms with Crippen LogP contribution in [0.5, 0.6) is 0 Å². The van der Waals surface area contributed by atoms with E-state index in [-0.39, 0.29) is 0 Å². The zero-order valence-corrected chi connectivity index (χ0v) is 10.8. The zero-order valence-electron chi connectivity index (χ0n) is 10.8. The first-order valence-corrected chi connectivity index (χ1v) is 6.39. The minimum Gasteiger partial charge on any atom is -0.366 e. The van der Waals surface area contributed by atoms with Gasteiger partial charge in [-0.25, -0.2) is 0 Å². The lowest BCUT2D eigenvalue weighted by Crippen LogP contribution is -2.12. The molecule has 0 saturated heterocycles. The third kappa shape index (κ3) is 2.21. The van der Waals surface area contributed by atoms with Crippen LogP contribution in [0.25, 0.3) is 22.6 Å². The Morgan fingerprint density at radius 1 is 1.00 bits per heavy atom. The topological polar surface area (TPSA) is 58.9 Å². The van der Waals surface area contributed by atoms with Crippen molar-refractivity contribution >= 4 is 28.5 Å².